The number of anilines is 1. The quantitative estimate of drug-likeness (QED) is 0.617. The second kappa shape index (κ2) is 4.64. The number of nitrogen functional groups attached to an aromatic ring is 1. The van der Waals surface area contributed by atoms with Crippen molar-refractivity contribution in [2.45, 2.75) is 43.9 Å². The Kier molecular flexibility index (Phi) is 3.75. The molecule has 0 unspecified atom stereocenters. The Morgan fingerprint density at radius 3 is 2.36 bits per heavy atom. The molecule has 0 radical (unpaired) electrons. The van der Waals surface area contributed by atoms with E-state index in [4.69, 9.17) is 5.73 Å². The lowest BCUT2D eigenvalue weighted by Gasteiger charge is -2.08. The number of thioether (sulfide) groups is 1. The maximum atomic E-state index is 5.71. The summed E-state index contributed by atoms with van der Waals surface area (Å²) in [5.74, 6) is 1.71. The van der Waals surface area contributed by atoms with Crippen LogP contribution in [0.5, 0.6) is 0 Å². The van der Waals surface area contributed by atoms with Gasteiger partial charge in [0.2, 0.25) is 0 Å². The summed E-state index contributed by atoms with van der Waals surface area (Å²) in [5, 5.41) is 1.49. The fraction of sp³-hybridized carbons (Fsp3) is 0.600. The lowest BCUT2D eigenvalue weighted by atomic mass is 10.2. The van der Waals surface area contributed by atoms with Crippen LogP contribution in [-0.4, -0.2) is 15.2 Å². The zero-order chi connectivity index (χ0) is 10.7. The van der Waals surface area contributed by atoms with E-state index in [1.165, 1.54) is 0 Å². The molecule has 1 aromatic rings. The highest BCUT2D eigenvalue weighted by molar-refractivity contribution is 7.99. The smallest absolute Gasteiger partial charge is 0.134 e. The van der Waals surface area contributed by atoms with Crippen LogP contribution in [0.2, 0.25) is 0 Å². The maximum absolute atomic E-state index is 5.71. The summed E-state index contributed by atoms with van der Waals surface area (Å²) in [6.45, 7) is 8.41. The standard InChI is InChI=1S/C10H17N3S/c1-6(2)10-12-8(11)5-9(13-10)14-7(3)4/h5-7H,1-4H3,(H2,11,12,13). The Morgan fingerprint density at radius 1 is 1.21 bits per heavy atom. The van der Waals surface area contributed by atoms with E-state index < -0.39 is 0 Å². The Bertz CT molecular complexity index is 310. The predicted molar refractivity (Wildman–Crippen MR) is 61.5 cm³/mol. The zero-order valence-electron chi connectivity index (χ0n) is 9.11. The summed E-state index contributed by atoms with van der Waals surface area (Å²) in [6.07, 6.45) is 0. The lowest BCUT2D eigenvalue weighted by Crippen LogP contribution is -2.03. The van der Waals surface area contributed by atoms with E-state index in [-0.39, 0.29) is 0 Å². The van der Waals surface area contributed by atoms with E-state index in [1.807, 2.05) is 6.07 Å². The minimum Gasteiger partial charge on any atom is -0.384 e. The molecule has 0 atom stereocenters. The second-order valence-corrected chi connectivity index (χ2v) is 5.41. The van der Waals surface area contributed by atoms with Gasteiger partial charge in [0, 0.05) is 17.2 Å². The van der Waals surface area contributed by atoms with Gasteiger partial charge in [-0.3, -0.25) is 0 Å². The minimum atomic E-state index is 0.324. The molecule has 14 heavy (non-hydrogen) atoms. The van der Waals surface area contributed by atoms with E-state index in [9.17, 15) is 0 Å². The third kappa shape index (κ3) is 3.18. The van der Waals surface area contributed by atoms with Gasteiger partial charge in [0.25, 0.3) is 0 Å². The van der Waals surface area contributed by atoms with Crippen LogP contribution >= 0.6 is 11.8 Å². The van der Waals surface area contributed by atoms with Crippen LogP contribution in [0.25, 0.3) is 0 Å². The van der Waals surface area contributed by atoms with Crippen LogP contribution in [0.1, 0.15) is 39.4 Å². The number of hydrogen-bond acceptors (Lipinski definition) is 4. The fourth-order valence-electron chi connectivity index (χ4n) is 1.02. The van der Waals surface area contributed by atoms with Crippen LogP contribution in [0, 0.1) is 0 Å². The summed E-state index contributed by atoms with van der Waals surface area (Å²) < 4.78 is 0. The number of rotatable bonds is 3. The molecule has 0 spiro atoms. The first kappa shape index (κ1) is 11.3. The number of hydrogen-bond donors (Lipinski definition) is 1. The van der Waals surface area contributed by atoms with Gasteiger partial charge in [-0.25, -0.2) is 9.97 Å². The van der Waals surface area contributed by atoms with E-state index in [0.29, 0.717) is 17.0 Å². The average Bonchev–Trinajstić information content (AvgIpc) is 2.01. The molecule has 0 aliphatic heterocycles. The van der Waals surface area contributed by atoms with Gasteiger partial charge in [0.1, 0.15) is 16.7 Å². The van der Waals surface area contributed by atoms with Gasteiger partial charge in [-0.1, -0.05) is 27.7 Å². The highest BCUT2D eigenvalue weighted by Gasteiger charge is 2.07. The van der Waals surface area contributed by atoms with Crippen molar-refractivity contribution in [1.29, 1.82) is 0 Å². The Hall–Kier alpha value is -0.770. The van der Waals surface area contributed by atoms with Crippen molar-refractivity contribution in [2.24, 2.45) is 0 Å². The summed E-state index contributed by atoms with van der Waals surface area (Å²) in [5.41, 5.74) is 5.71. The molecular weight excluding hydrogens is 194 g/mol. The van der Waals surface area contributed by atoms with Crippen molar-refractivity contribution in [3.8, 4) is 0 Å². The molecule has 2 N–H and O–H groups in total. The molecule has 0 amide bonds. The summed E-state index contributed by atoms with van der Waals surface area (Å²) in [4.78, 5) is 8.64. The van der Waals surface area contributed by atoms with E-state index in [1.54, 1.807) is 11.8 Å². The first-order valence-corrected chi connectivity index (χ1v) is 5.68. The van der Waals surface area contributed by atoms with Crippen LogP contribution in [-0.2, 0) is 0 Å². The third-order valence-corrected chi connectivity index (χ3v) is 2.53. The van der Waals surface area contributed by atoms with Crippen LogP contribution < -0.4 is 5.73 Å². The molecule has 0 saturated carbocycles. The van der Waals surface area contributed by atoms with Gasteiger partial charge in [-0.05, 0) is 0 Å². The Morgan fingerprint density at radius 2 is 1.86 bits per heavy atom. The summed E-state index contributed by atoms with van der Waals surface area (Å²) in [7, 11) is 0. The number of nitrogens with two attached hydrogens (primary N) is 1. The molecule has 78 valence electrons. The van der Waals surface area contributed by atoms with Gasteiger partial charge in [0.15, 0.2) is 0 Å². The van der Waals surface area contributed by atoms with Gasteiger partial charge in [0.05, 0.1) is 0 Å². The van der Waals surface area contributed by atoms with Gasteiger partial charge in [-0.15, -0.1) is 11.8 Å². The van der Waals surface area contributed by atoms with Gasteiger partial charge in [-0.2, -0.15) is 0 Å². The summed E-state index contributed by atoms with van der Waals surface area (Å²) >= 11 is 1.71. The van der Waals surface area contributed by atoms with E-state index in [2.05, 4.69) is 37.7 Å². The van der Waals surface area contributed by atoms with Gasteiger partial charge < -0.3 is 5.73 Å². The fourth-order valence-corrected chi connectivity index (χ4v) is 1.84. The van der Waals surface area contributed by atoms with Crippen molar-refractivity contribution in [3.05, 3.63) is 11.9 Å². The molecule has 1 heterocycles. The molecular formula is C10H17N3S. The molecule has 0 fully saturated rings. The lowest BCUT2D eigenvalue weighted by molar-refractivity contribution is 0.756. The Labute approximate surface area is 89.5 Å². The van der Waals surface area contributed by atoms with Crippen molar-refractivity contribution in [1.82, 2.24) is 9.97 Å². The molecule has 0 saturated heterocycles. The second-order valence-electron chi connectivity index (χ2n) is 3.81. The molecule has 3 nitrogen and oxygen atoms in total. The maximum Gasteiger partial charge on any atom is 0.134 e. The zero-order valence-corrected chi connectivity index (χ0v) is 9.93. The molecule has 4 heteroatoms. The SMILES string of the molecule is CC(C)Sc1cc(N)nc(C(C)C)n1. The minimum absolute atomic E-state index is 0.324. The normalized spacial score (nSPS) is 11.3. The molecule has 1 aromatic heterocycles. The highest BCUT2D eigenvalue weighted by Crippen LogP contribution is 2.23. The van der Waals surface area contributed by atoms with Crippen molar-refractivity contribution in [3.63, 3.8) is 0 Å². The van der Waals surface area contributed by atoms with E-state index in [0.717, 1.165) is 10.9 Å². The van der Waals surface area contributed by atoms with Crippen molar-refractivity contribution in [2.75, 3.05) is 5.73 Å². The number of nitrogens with zero attached hydrogens (tertiary/aromatic N) is 2. The topological polar surface area (TPSA) is 51.8 Å². The predicted octanol–water partition coefficient (Wildman–Crippen LogP) is 2.68. The average molecular weight is 211 g/mol. The van der Waals surface area contributed by atoms with Crippen LogP contribution in [0.3, 0.4) is 0 Å². The molecule has 0 bridgehead atoms. The van der Waals surface area contributed by atoms with Crippen molar-refractivity contribution < 1.29 is 0 Å². The Balaban J connectivity index is 2.95. The molecule has 0 aliphatic carbocycles. The molecule has 1 rings (SSSR count). The molecule has 0 aromatic carbocycles. The third-order valence-electron chi connectivity index (χ3n) is 1.61. The first-order chi connectivity index (χ1) is 6.49. The van der Waals surface area contributed by atoms with Crippen molar-refractivity contribution >= 4 is 17.6 Å². The monoisotopic (exact) mass is 211 g/mol. The molecule has 0 aliphatic rings. The highest BCUT2D eigenvalue weighted by atomic mass is 32.2. The van der Waals surface area contributed by atoms with Crippen LogP contribution in [0.4, 0.5) is 5.82 Å². The number of aromatic nitrogens is 2. The summed E-state index contributed by atoms with van der Waals surface area (Å²) in [6, 6.07) is 1.83. The largest absolute Gasteiger partial charge is 0.384 e. The van der Waals surface area contributed by atoms with Gasteiger partial charge >= 0.3 is 0 Å². The van der Waals surface area contributed by atoms with E-state index >= 15 is 0 Å². The first-order valence-electron chi connectivity index (χ1n) is 4.80. The van der Waals surface area contributed by atoms with Crippen LogP contribution in [0.15, 0.2) is 11.1 Å².